The third kappa shape index (κ3) is 8.39. The van der Waals surface area contributed by atoms with Gasteiger partial charge >= 0.3 is 55.6 Å². The van der Waals surface area contributed by atoms with Gasteiger partial charge in [0.2, 0.25) is 0 Å². The van der Waals surface area contributed by atoms with Crippen molar-refractivity contribution in [3.8, 4) is 0 Å². The van der Waals surface area contributed by atoms with Crippen molar-refractivity contribution in [3.63, 3.8) is 0 Å². The molecule has 0 bridgehead atoms. The van der Waals surface area contributed by atoms with Crippen molar-refractivity contribution in [2.75, 3.05) is 6.61 Å². The molecule has 1 unspecified atom stereocenters. The van der Waals surface area contributed by atoms with E-state index in [2.05, 4.69) is 0 Å². The Morgan fingerprint density at radius 3 is 1.73 bits per heavy atom. The molecule has 0 aliphatic carbocycles. The Kier molecular flexibility index (Phi) is 12.7. The fraction of sp³-hybridized carbons (Fsp3) is 0.750. The Balaban J connectivity index is -0.000000186. The van der Waals surface area contributed by atoms with E-state index in [0.717, 1.165) is 0 Å². The van der Waals surface area contributed by atoms with E-state index in [0.29, 0.717) is 0 Å². The Hall–Kier alpha value is -0.610. The molecule has 1 heterocycles. The number of carboxylic acids is 3. The predicted molar refractivity (Wildman–Crippen MR) is 83.0 cm³/mol. The van der Waals surface area contributed by atoms with Crippen molar-refractivity contribution < 1.29 is 62.8 Å². The maximum atomic E-state index is 10.3. The molecule has 0 radical (unpaired) electrons. The molecule has 1 fully saturated rings. The third-order valence-corrected chi connectivity index (χ3v) is 3.23. The molecule has 0 amide bonds. The van der Waals surface area contributed by atoms with Gasteiger partial charge in [0.1, 0.15) is 18.3 Å². The zero-order valence-electron chi connectivity index (χ0n) is 15.5. The molecule has 13 nitrogen and oxygen atoms in total. The average Bonchev–Trinajstić information content (AvgIpc) is 2.47. The molecule has 0 spiro atoms. The predicted octanol–water partition coefficient (Wildman–Crippen LogP) is -4.66. The topological polar surface area (TPSA) is 248 Å². The van der Waals surface area contributed by atoms with Crippen LogP contribution in [0.5, 0.6) is 0 Å². The van der Waals surface area contributed by atoms with Crippen LogP contribution in [0.25, 0.3) is 0 Å². The van der Waals surface area contributed by atoms with Crippen LogP contribution in [-0.2, 0) is 19.1 Å². The first-order chi connectivity index (χ1) is 11.4. The van der Waals surface area contributed by atoms with Crippen molar-refractivity contribution in [1.82, 2.24) is 0 Å². The summed E-state index contributed by atoms with van der Waals surface area (Å²) in [6.45, 7) is -0.470. The monoisotopic (exact) mass is 413 g/mol. The van der Waals surface area contributed by atoms with Crippen LogP contribution < -0.4 is 5.73 Å². The van der Waals surface area contributed by atoms with Gasteiger partial charge in [0, 0.05) is 0 Å². The van der Waals surface area contributed by atoms with Gasteiger partial charge in [-0.3, -0.25) is 9.59 Å². The minimum absolute atomic E-state index is 0. The molecule has 1 rings (SSSR count). The molecule has 0 aromatic rings. The number of aliphatic carboxylic acids is 3. The van der Waals surface area contributed by atoms with Gasteiger partial charge in [-0.1, -0.05) is 0 Å². The molecule has 0 aromatic carbocycles. The molecular formula is C12H23CaNO12. The molecule has 1 aliphatic rings. The molecule has 14 heteroatoms. The van der Waals surface area contributed by atoms with Crippen molar-refractivity contribution in [3.05, 3.63) is 0 Å². The summed E-state index contributed by atoms with van der Waals surface area (Å²) < 4.78 is 4.70. The number of aliphatic hydroxyl groups excluding tert-OH is 4. The van der Waals surface area contributed by atoms with Crippen molar-refractivity contribution in [2.45, 2.75) is 49.1 Å². The van der Waals surface area contributed by atoms with Gasteiger partial charge in [-0.25, -0.2) is 4.79 Å². The summed E-state index contributed by atoms with van der Waals surface area (Å²) in [6.07, 6.45) is -7.14. The number of aliphatic hydroxyl groups is 5. The average molecular weight is 413 g/mol. The maximum absolute atomic E-state index is 10.3. The summed E-state index contributed by atoms with van der Waals surface area (Å²) in [4.78, 5) is 30.5. The number of carbonyl (C=O) groups is 3. The van der Waals surface area contributed by atoms with Gasteiger partial charge in [-0.2, -0.15) is 0 Å². The molecule has 10 N–H and O–H groups in total. The second kappa shape index (κ2) is 12.0. The number of carboxylic acid groups (broad SMARTS) is 3. The van der Waals surface area contributed by atoms with Gasteiger partial charge < -0.3 is 54.2 Å². The van der Waals surface area contributed by atoms with E-state index >= 15 is 0 Å². The molecule has 0 saturated carbocycles. The number of hydrogen-bond donors (Lipinski definition) is 9. The summed E-state index contributed by atoms with van der Waals surface area (Å²) in [5.41, 5.74) is 2.52. The van der Waals surface area contributed by atoms with E-state index in [4.69, 9.17) is 41.1 Å². The fourth-order valence-electron chi connectivity index (χ4n) is 1.83. The van der Waals surface area contributed by atoms with E-state index in [-0.39, 0.29) is 40.6 Å². The SMILES string of the molecule is N[C@H]1C(O)O[C@H](CO)[C@@H](O)[C@@H]1O.O=C(O)CC(O)(CC(=O)O)C(=O)O.[Ca+2].[H-].[H-]. The molecule has 1 aliphatic heterocycles. The van der Waals surface area contributed by atoms with Gasteiger partial charge in [0.25, 0.3) is 0 Å². The van der Waals surface area contributed by atoms with Crippen LogP contribution in [0.4, 0.5) is 0 Å². The van der Waals surface area contributed by atoms with Crippen LogP contribution in [0.15, 0.2) is 0 Å². The number of rotatable bonds is 6. The fourth-order valence-corrected chi connectivity index (χ4v) is 1.83. The van der Waals surface area contributed by atoms with Crippen LogP contribution in [0.2, 0.25) is 0 Å². The minimum atomic E-state index is -2.74. The Bertz CT molecular complexity index is 478. The molecule has 5 atom stereocenters. The number of ether oxygens (including phenoxy) is 1. The van der Waals surface area contributed by atoms with Crippen LogP contribution in [0, 0.1) is 0 Å². The number of nitrogens with two attached hydrogens (primary N) is 1. The Morgan fingerprint density at radius 1 is 1.00 bits per heavy atom. The van der Waals surface area contributed by atoms with Gasteiger partial charge in [0.05, 0.1) is 25.5 Å². The molecule has 0 aromatic heterocycles. The van der Waals surface area contributed by atoms with E-state index in [1.165, 1.54) is 0 Å². The normalized spacial score (nSPS) is 28.2. The summed E-state index contributed by atoms with van der Waals surface area (Å²) >= 11 is 0. The van der Waals surface area contributed by atoms with Gasteiger partial charge in [-0.15, -0.1) is 0 Å². The Labute approximate surface area is 179 Å². The van der Waals surface area contributed by atoms with Crippen LogP contribution in [-0.4, -0.2) is 139 Å². The van der Waals surface area contributed by atoms with E-state index < -0.39 is 73.6 Å². The van der Waals surface area contributed by atoms with E-state index in [1.807, 2.05) is 0 Å². The second-order valence-electron chi connectivity index (χ2n) is 5.28. The standard InChI is InChI=1S/C6H13NO5.C6H8O7.Ca.2H/c7-3-5(10)4(9)2(1-8)12-6(3)11;7-3(8)1-6(13,5(11)12)2-4(9)10;;;/h2-6,8-11H,1,7H2;13H,1-2H2,(H,7,8)(H,9,10)(H,11,12);;;/q;;+2;2*-1/t2-,3-,4-,5-,6?;;;;/m1..../s1. The summed E-state index contributed by atoms with van der Waals surface area (Å²) in [5.74, 6) is -5.02. The molecule has 150 valence electrons. The first-order valence-corrected chi connectivity index (χ1v) is 6.81. The number of hydrogen-bond acceptors (Lipinski definition) is 10. The van der Waals surface area contributed by atoms with Crippen LogP contribution >= 0.6 is 0 Å². The van der Waals surface area contributed by atoms with Gasteiger partial charge in [-0.05, 0) is 0 Å². The first kappa shape index (κ1) is 27.6. The maximum Gasteiger partial charge on any atom is 2.00 e. The third-order valence-electron chi connectivity index (χ3n) is 3.23. The molecule has 1 saturated heterocycles. The van der Waals surface area contributed by atoms with Crippen molar-refractivity contribution >= 4 is 55.6 Å². The zero-order chi connectivity index (χ0) is 19.9. The van der Waals surface area contributed by atoms with Crippen LogP contribution in [0.3, 0.4) is 0 Å². The summed E-state index contributed by atoms with van der Waals surface area (Å²) in [6, 6.07) is -1.04. The first-order valence-electron chi connectivity index (χ1n) is 6.81. The van der Waals surface area contributed by atoms with E-state index in [9.17, 15) is 24.6 Å². The summed E-state index contributed by atoms with van der Waals surface area (Å²) in [5, 5.41) is 69.9. The summed E-state index contributed by atoms with van der Waals surface area (Å²) in [7, 11) is 0. The molecule has 26 heavy (non-hydrogen) atoms. The van der Waals surface area contributed by atoms with Crippen LogP contribution in [0.1, 0.15) is 15.7 Å². The quantitative estimate of drug-likeness (QED) is 0.186. The van der Waals surface area contributed by atoms with E-state index in [1.54, 1.807) is 0 Å². The zero-order valence-corrected chi connectivity index (χ0v) is 15.7. The Morgan fingerprint density at radius 2 is 1.42 bits per heavy atom. The van der Waals surface area contributed by atoms with Crippen molar-refractivity contribution in [2.24, 2.45) is 5.73 Å². The molecular weight excluding hydrogens is 390 g/mol. The largest absolute Gasteiger partial charge is 2.00 e. The minimum Gasteiger partial charge on any atom is -1.00 e. The van der Waals surface area contributed by atoms with Crippen molar-refractivity contribution in [1.29, 1.82) is 0 Å². The second-order valence-corrected chi connectivity index (χ2v) is 5.28. The smallest absolute Gasteiger partial charge is 1.00 e. The van der Waals surface area contributed by atoms with Gasteiger partial charge in [0.15, 0.2) is 11.9 Å².